The number of carbonyl (C=O) groups is 3. The molecule has 2 aromatic carbocycles. The van der Waals surface area contributed by atoms with Gasteiger partial charge < -0.3 is 19.9 Å². The summed E-state index contributed by atoms with van der Waals surface area (Å²) in [5, 5.41) is 4.92. The van der Waals surface area contributed by atoms with E-state index in [4.69, 9.17) is 4.74 Å². The Morgan fingerprint density at radius 2 is 1.68 bits per heavy atom. The summed E-state index contributed by atoms with van der Waals surface area (Å²) in [6.45, 7) is 4.70. The maximum Gasteiger partial charge on any atom is 0.338 e. The number of amides is 3. The molecular weight excluding hydrogens is 529 g/mol. The molecule has 0 spiro atoms. The zero-order valence-corrected chi connectivity index (χ0v) is 23.8. The fraction of sp³-hybridized carbons (Fsp3) is 0.387. The summed E-state index contributed by atoms with van der Waals surface area (Å²) < 4.78 is 18.6. The van der Waals surface area contributed by atoms with Gasteiger partial charge in [-0.3, -0.25) is 4.79 Å². The summed E-state index contributed by atoms with van der Waals surface area (Å²) in [5.41, 5.74) is 2.86. The molecule has 1 N–H and O–H groups in total. The number of esters is 1. The van der Waals surface area contributed by atoms with Crippen LogP contribution in [0.4, 0.5) is 14.9 Å². The minimum absolute atomic E-state index is 0.0485. The topological polar surface area (TPSA) is 79.0 Å². The third-order valence-electron chi connectivity index (χ3n) is 7.17. The molecule has 0 atom stereocenters. The third kappa shape index (κ3) is 7.91. The minimum atomic E-state index is -0.419. The van der Waals surface area contributed by atoms with Crippen LogP contribution in [0.15, 0.2) is 60.0 Å². The number of nitrogens with zero attached hydrogens (tertiary/aromatic N) is 2. The number of anilines is 1. The predicted octanol–water partition coefficient (Wildman–Crippen LogP) is 6.77. The Kier molecular flexibility index (Phi) is 10.3. The average molecular weight is 566 g/mol. The molecule has 212 valence electrons. The maximum atomic E-state index is 13.8. The lowest BCUT2D eigenvalue weighted by atomic mass is 9.94. The lowest BCUT2D eigenvalue weighted by molar-refractivity contribution is -0.133. The second kappa shape index (κ2) is 14.1. The van der Waals surface area contributed by atoms with Crippen LogP contribution in [-0.2, 0) is 22.6 Å². The van der Waals surface area contributed by atoms with Gasteiger partial charge in [-0.1, -0.05) is 31.4 Å². The van der Waals surface area contributed by atoms with Crippen LogP contribution in [-0.4, -0.2) is 46.9 Å². The van der Waals surface area contributed by atoms with Crippen LogP contribution in [0.3, 0.4) is 0 Å². The van der Waals surface area contributed by atoms with Gasteiger partial charge in [0.05, 0.1) is 18.7 Å². The molecule has 1 aliphatic rings. The monoisotopic (exact) mass is 565 g/mol. The molecule has 1 aromatic heterocycles. The number of aryl methyl sites for hydroxylation is 1. The van der Waals surface area contributed by atoms with E-state index in [2.05, 4.69) is 5.32 Å². The van der Waals surface area contributed by atoms with Crippen molar-refractivity contribution in [1.82, 2.24) is 9.80 Å². The normalized spacial score (nSPS) is 13.5. The number of halogens is 1. The number of thiophene rings is 1. The largest absolute Gasteiger partial charge is 0.462 e. The van der Waals surface area contributed by atoms with E-state index >= 15 is 0 Å². The number of carbonyl (C=O) groups excluding carboxylic acids is 3. The fourth-order valence-electron chi connectivity index (χ4n) is 4.89. The Morgan fingerprint density at radius 3 is 2.30 bits per heavy atom. The highest BCUT2D eigenvalue weighted by atomic mass is 32.1. The highest BCUT2D eigenvalue weighted by molar-refractivity contribution is 7.10. The van der Waals surface area contributed by atoms with Gasteiger partial charge in [0.2, 0.25) is 5.91 Å². The second-order valence-electron chi connectivity index (χ2n) is 10.1. The molecule has 3 amide bonds. The highest BCUT2D eigenvalue weighted by Gasteiger charge is 2.29. The summed E-state index contributed by atoms with van der Waals surface area (Å²) in [5.74, 6) is -0.918. The van der Waals surface area contributed by atoms with Gasteiger partial charge in [0, 0.05) is 23.2 Å². The minimum Gasteiger partial charge on any atom is -0.462 e. The van der Waals surface area contributed by atoms with Crippen LogP contribution >= 0.6 is 11.3 Å². The van der Waals surface area contributed by atoms with E-state index in [1.54, 1.807) is 64.5 Å². The first-order valence-corrected chi connectivity index (χ1v) is 14.6. The number of ether oxygens (including phenoxy) is 1. The van der Waals surface area contributed by atoms with E-state index in [-0.39, 0.29) is 36.9 Å². The first kappa shape index (κ1) is 29.3. The van der Waals surface area contributed by atoms with Gasteiger partial charge in [-0.2, -0.15) is 0 Å². The molecule has 4 rings (SSSR count). The van der Waals surface area contributed by atoms with Gasteiger partial charge in [-0.15, -0.1) is 11.3 Å². The van der Waals surface area contributed by atoms with Crippen LogP contribution in [0, 0.1) is 12.7 Å². The summed E-state index contributed by atoms with van der Waals surface area (Å²) in [6.07, 6.45) is 4.80. The molecule has 9 heteroatoms. The maximum absolute atomic E-state index is 13.8. The highest BCUT2D eigenvalue weighted by Crippen LogP contribution is 2.25. The van der Waals surface area contributed by atoms with Gasteiger partial charge in [0.1, 0.15) is 12.4 Å². The Bertz CT molecular complexity index is 1290. The van der Waals surface area contributed by atoms with Crippen molar-refractivity contribution in [3.8, 4) is 0 Å². The molecule has 1 heterocycles. The molecule has 0 aliphatic heterocycles. The van der Waals surface area contributed by atoms with Crippen molar-refractivity contribution in [2.45, 2.75) is 65.1 Å². The molecule has 1 aliphatic carbocycles. The summed E-state index contributed by atoms with van der Waals surface area (Å²) in [6, 6.07) is 14.3. The Labute approximate surface area is 238 Å². The Balaban J connectivity index is 1.52. The van der Waals surface area contributed by atoms with E-state index in [0.29, 0.717) is 24.3 Å². The van der Waals surface area contributed by atoms with Gasteiger partial charge in [-0.05, 0) is 85.7 Å². The van der Waals surface area contributed by atoms with Crippen LogP contribution in [0.25, 0.3) is 0 Å². The van der Waals surface area contributed by atoms with Crippen LogP contribution in [0.1, 0.15) is 65.4 Å². The Morgan fingerprint density at radius 1 is 0.975 bits per heavy atom. The number of urea groups is 1. The Hall–Kier alpha value is -3.72. The number of nitrogens with one attached hydrogen (secondary N) is 1. The summed E-state index contributed by atoms with van der Waals surface area (Å²) >= 11 is 1.59. The molecule has 40 heavy (non-hydrogen) atoms. The second-order valence-corrected chi connectivity index (χ2v) is 11.1. The van der Waals surface area contributed by atoms with E-state index in [1.807, 2.05) is 18.4 Å². The van der Waals surface area contributed by atoms with Crippen LogP contribution in [0.2, 0.25) is 0 Å². The van der Waals surface area contributed by atoms with Crippen molar-refractivity contribution < 1.29 is 23.5 Å². The van der Waals surface area contributed by atoms with Crippen molar-refractivity contribution in [1.29, 1.82) is 0 Å². The molecule has 0 saturated heterocycles. The smallest absolute Gasteiger partial charge is 0.338 e. The summed E-state index contributed by atoms with van der Waals surface area (Å²) in [7, 11) is 0. The van der Waals surface area contributed by atoms with E-state index < -0.39 is 5.97 Å². The quantitative estimate of drug-likeness (QED) is 0.275. The molecular formula is C31H36FN3O4S. The van der Waals surface area contributed by atoms with Gasteiger partial charge in [0.25, 0.3) is 0 Å². The van der Waals surface area contributed by atoms with Crippen molar-refractivity contribution >= 4 is 34.9 Å². The average Bonchev–Trinajstić information content (AvgIpc) is 3.37. The third-order valence-corrected chi connectivity index (χ3v) is 8.18. The van der Waals surface area contributed by atoms with Crippen molar-refractivity contribution in [2.75, 3.05) is 18.5 Å². The molecule has 0 bridgehead atoms. The van der Waals surface area contributed by atoms with E-state index in [9.17, 15) is 18.8 Å². The first-order valence-electron chi connectivity index (χ1n) is 13.7. The number of hydrogen-bond donors (Lipinski definition) is 1. The zero-order chi connectivity index (χ0) is 28.5. The zero-order valence-electron chi connectivity index (χ0n) is 23.0. The predicted molar refractivity (Wildman–Crippen MR) is 155 cm³/mol. The van der Waals surface area contributed by atoms with Crippen molar-refractivity contribution in [3.63, 3.8) is 0 Å². The molecule has 1 saturated carbocycles. The van der Waals surface area contributed by atoms with E-state index in [1.165, 1.54) is 12.1 Å². The van der Waals surface area contributed by atoms with Gasteiger partial charge in [0.15, 0.2) is 0 Å². The number of hydrogen-bond acceptors (Lipinski definition) is 5. The van der Waals surface area contributed by atoms with E-state index in [0.717, 1.165) is 48.1 Å². The van der Waals surface area contributed by atoms with Gasteiger partial charge in [-0.25, -0.2) is 14.0 Å². The lowest BCUT2D eigenvalue weighted by Crippen LogP contribution is -2.49. The van der Waals surface area contributed by atoms with Crippen molar-refractivity contribution in [3.05, 3.63) is 87.4 Å². The number of benzene rings is 2. The van der Waals surface area contributed by atoms with Crippen LogP contribution in [0.5, 0.6) is 0 Å². The lowest BCUT2D eigenvalue weighted by Gasteiger charge is -2.35. The molecule has 7 nitrogen and oxygen atoms in total. The SMILES string of the molecule is CCOC(=O)c1ccc(NC(=O)N(CC(=O)N(Cc2ccc(F)cc2)Cc2sccc2C)C2CCCCC2)cc1. The molecule has 0 radical (unpaired) electrons. The van der Waals surface area contributed by atoms with Crippen molar-refractivity contribution in [2.24, 2.45) is 0 Å². The summed E-state index contributed by atoms with van der Waals surface area (Å²) in [4.78, 5) is 43.8. The molecule has 1 fully saturated rings. The fourth-order valence-corrected chi connectivity index (χ4v) is 5.81. The molecule has 0 unspecified atom stereocenters. The first-order chi connectivity index (χ1) is 19.3. The standard InChI is InChI=1S/C31H36FN3O4S/c1-3-39-30(37)24-11-15-26(16-12-24)33-31(38)35(27-7-5-4-6-8-27)21-29(36)34(20-28-22(2)17-18-40-28)19-23-9-13-25(32)14-10-23/h9-18,27H,3-8,19-21H2,1-2H3,(H,33,38). The van der Waals surface area contributed by atoms with Gasteiger partial charge >= 0.3 is 12.0 Å². The number of rotatable bonds is 10. The van der Waals surface area contributed by atoms with Crippen LogP contribution < -0.4 is 5.32 Å². The molecule has 3 aromatic rings.